The van der Waals surface area contributed by atoms with Gasteiger partial charge in [-0.25, -0.2) is 4.98 Å². The van der Waals surface area contributed by atoms with Gasteiger partial charge in [0.15, 0.2) is 0 Å². The third-order valence-electron chi connectivity index (χ3n) is 1.90. The first-order valence-corrected chi connectivity index (χ1v) is 5.16. The molecule has 0 radical (unpaired) electrons. The van der Waals surface area contributed by atoms with E-state index < -0.39 is 0 Å². The summed E-state index contributed by atoms with van der Waals surface area (Å²) in [5.41, 5.74) is 1.62. The topological polar surface area (TPSA) is 47.9 Å². The largest absolute Gasteiger partial charge is 0.471 e. The van der Waals surface area contributed by atoms with Crippen LogP contribution >= 0.6 is 11.6 Å². The Balaban J connectivity index is 2.05. The molecular formula is C11H10ClN3O. The maximum atomic E-state index is 5.71. The lowest BCUT2D eigenvalue weighted by atomic mass is 10.4. The van der Waals surface area contributed by atoms with Crippen LogP contribution in [0.15, 0.2) is 30.5 Å². The Morgan fingerprint density at radius 3 is 2.88 bits per heavy atom. The Labute approximate surface area is 98.3 Å². The first kappa shape index (κ1) is 10.8. The summed E-state index contributed by atoms with van der Waals surface area (Å²) >= 11 is 5.71. The third-order valence-corrected chi connectivity index (χ3v) is 2.07. The van der Waals surface area contributed by atoms with E-state index in [1.54, 1.807) is 12.3 Å². The molecule has 0 fully saturated rings. The first-order chi connectivity index (χ1) is 7.74. The summed E-state index contributed by atoms with van der Waals surface area (Å²) < 4.78 is 5.46. The van der Waals surface area contributed by atoms with Gasteiger partial charge in [-0.2, -0.15) is 4.98 Å². The Morgan fingerprint density at radius 1 is 1.31 bits per heavy atom. The zero-order valence-electron chi connectivity index (χ0n) is 8.72. The van der Waals surface area contributed by atoms with Gasteiger partial charge in [0.2, 0.25) is 11.2 Å². The summed E-state index contributed by atoms with van der Waals surface area (Å²) in [5, 5.41) is 0.191. The predicted octanol–water partition coefficient (Wildman–Crippen LogP) is 2.41. The van der Waals surface area contributed by atoms with E-state index in [4.69, 9.17) is 16.3 Å². The molecule has 2 heterocycles. The van der Waals surface area contributed by atoms with Crippen LogP contribution in [-0.2, 0) is 6.61 Å². The molecule has 2 aromatic heterocycles. The van der Waals surface area contributed by atoms with Crippen LogP contribution in [-0.4, -0.2) is 15.0 Å². The minimum Gasteiger partial charge on any atom is -0.471 e. The summed E-state index contributed by atoms with van der Waals surface area (Å²) in [6, 6.07) is 7.38. The third kappa shape index (κ3) is 2.90. The second-order valence-electron chi connectivity index (χ2n) is 3.23. The fourth-order valence-electron chi connectivity index (χ4n) is 1.21. The number of rotatable bonds is 3. The number of halogens is 1. The average molecular weight is 236 g/mol. The van der Waals surface area contributed by atoms with E-state index in [-0.39, 0.29) is 5.28 Å². The van der Waals surface area contributed by atoms with E-state index in [0.717, 1.165) is 11.4 Å². The minimum atomic E-state index is 0.191. The molecule has 0 aliphatic heterocycles. The molecule has 0 saturated heterocycles. The van der Waals surface area contributed by atoms with Gasteiger partial charge in [-0.15, -0.1) is 0 Å². The lowest BCUT2D eigenvalue weighted by Gasteiger charge is -2.05. The molecule has 0 N–H and O–H groups in total. The zero-order valence-corrected chi connectivity index (χ0v) is 9.48. The van der Waals surface area contributed by atoms with Gasteiger partial charge in [0.1, 0.15) is 6.61 Å². The highest BCUT2D eigenvalue weighted by molar-refractivity contribution is 6.28. The van der Waals surface area contributed by atoms with Crippen molar-refractivity contribution in [3.63, 3.8) is 0 Å². The van der Waals surface area contributed by atoms with Crippen molar-refractivity contribution in [3.8, 4) is 5.88 Å². The molecule has 0 atom stereocenters. The molecule has 2 rings (SSSR count). The van der Waals surface area contributed by atoms with Crippen molar-refractivity contribution in [2.75, 3.05) is 0 Å². The van der Waals surface area contributed by atoms with Crippen molar-refractivity contribution in [2.45, 2.75) is 13.5 Å². The van der Waals surface area contributed by atoms with E-state index in [1.807, 2.05) is 25.1 Å². The molecule has 82 valence electrons. The molecule has 16 heavy (non-hydrogen) atoms. The highest BCUT2D eigenvalue weighted by Gasteiger charge is 2.01. The highest BCUT2D eigenvalue weighted by Crippen LogP contribution is 2.13. The number of aromatic nitrogens is 3. The number of hydrogen-bond acceptors (Lipinski definition) is 4. The molecular weight excluding hydrogens is 226 g/mol. The van der Waals surface area contributed by atoms with E-state index in [2.05, 4.69) is 15.0 Å². The van der Waals surface area contributed by atoms with Gasteiger partial charge in [0.05, 0.1) is 5.69 Å². The maximum absolute atomic E-state index is 5.71. The summed E-state index contributed by atoms with van der Waals surface area (Å²) in [5.74, 6) is 0.461. The fraction of sp³-hybridized carbons (Fsp3) is 0.182. The average Bonchev–Trinajstić information content (AvgIpc) is 2.27. The molecule has 0 aliphatic rings. The predicted molar refractivity (Wildman–Crippen MR) is 60.3 cm³/mol. The zero-order chi connectivity index (χ0) is 11.4. The maximum Gasteiger partial charge on any atom is 0.225 e. The molecule has 0 unspecified atom stereocenters. The van der Waals surface area contributed by atoms with Crippen molar-refractivity contribution in [1.29, 1.82) is 0 Å². The standard InChI is InChI=1S/C11H10ClN3O/c1-8-6-10(15-11(12)14-8)16-7-9-4-2-3-5-13-9/h2-6H,7H2,1H3. The normalized spacial score (nSPS) is 10.1. The van der Waals surface area contributed by atoms with Crippen LogP contribution in [0.25, 0.3) is 0 Å². The minimum absolute atomic E-state index is 0.191. The molecule has 0 aromatic carbocycles. The van der Waals surface area contributed by atoms with Crippen LogP contribution in [0.5, 0.6) is 5.88 Å². The van der Waals surface area contributed by atoms with Crippen LogP contribution in [0, 0.1) is 6.92 Å². The molecule has 0 aliphatic carbocycles. The fourth-order valence-corrected chi connectivity index (χ4v) is 1.43. The van der Waals surface area contributed by atoms with Crippen molar-refractivity contribution >= 4 is 11.6 Å². The molecule has 5 heteroatoms. The van der Waals surface area contributed by atoms with E-state index in [0.29, 0.717) is 12.5 Å². The Kier molecular flexibility index (Phi) is 3.31. The van der Waals surface area contributed by atoms with E-state index in [1.165, 1.54) is 0 Å². The van der Waals surface area contributed by atoms with Gasteiger partial charge in [0, 0.05) is 18.0 Å². The summed E-state index contributed by atoms with van der Waals surface area (Å²) in [6.07, 6.45) is 1.72. The smallest absolute Gasteiger partial charge is 0.225 e. The summed E-state index contributed by atoms with van der Waals surface area (Å²) in [6.45, 7) is 2.20. The highest BCUT2D eigenvalue weighted by atomic mass is 35.5. The summed E-state index contributed by atoms with van der Waals surface area (Å²) in [7, 11) is 0. The Bertz CT molecular complexity index is 456. The second-order valence-corrected chi connectivity index (χ2v) is 3.56. The van der Waals surface area contributed by atoms with E-state index in [9.17, 15) is 0 Å². The van der Waals surface area contributed by atoms with Crippen molar-refractivity contribution < 1.29 is 4.74 Å². The first-order valence-electron chi connectivity index (χ1n) is 4.78. The quantitative estimate of drug-likeness (QED) is 0.767. The lowest BCUT2D eigenvalue weighted by molar-refractivity contribution is 0.288. The second kappa shape index (κ2) is 4.90. The number of nitrogens with zero attached hydrogens (tertiary/aromatic N) is 3. The Hall–Kier alpha value is -1.68. The molecule has 4 nitrogen and oxygen atoms in total. The SMILES string of the molecule is Cc1cc(OCc2ccccn2)nc(Cl)n1. The molecule has 0 bridgehead atoms. The Morgan fingerprint density at radius 2 is 2.19 bits per heavy atom. The molecule has 0 spiro atoms. The number of pyridine rings is 1. The van der Waals surface area contributed by atoms with Crippen LogP contribution in [0.3, 0.4) is 0 Å². The van der Waals surface area contributed by atoms with Crippen molar-refractivity contribution in [2.24, 2.45) is 0 Å². The lowest BCUT2D eigenvalue weighted by Crippen LogP contribution is -2.00. The van der Waals surface area contributed by atoms with Gasteiger partial charge < -0.3 is 4.74 Å². The monoisotopic (exact) mass is 235 g/mol. The molecule has 0 amide bonds. The van der Waals surface area contributed by atoms with Crippen LogP contribution in [0.1, 0.15) is 11.4 Å². The van der Waals surface area contributed by atoms with Gasteiger partial charge in [-0.05, 0) is 30.7 Å². The number of hydrogen-bond donors (Lipinski definition) is 0. The van der Waals surface area contributed by atoms with Crippen molar-refractivity contribution in [1.82, 2.24) is 15.0 Å². The van der Waals surface area contributed by atoms with Crippen LogP contribution in [0.2, 0.25) is 5.28 Å². The van der Waals surface area contributed by atoms with Crippen molar-refractivity contribution in [3.05, 3.63) is 47.1 Å². The van der Waals surface area contributed by atoms with Crippen LogP contribution in [0.4, 0.5) is 0 Å². The van der Waals surface area contributed by atoms with Gasteiger partial charge >= 0.3 is 0 Å². The van der Waals surface area contributed by atoms with Gasteiger partial charge in [-0.1, -0.05) is 6.07 Å². The molecule has 2 aromatic rings. The van der Waals surface area contributed by atoms with Gasteiger partial charge in [0.25, 0.3) is 0 Å². The summed E-state index contributed by atoms with van der Waals surface area (Å²) in [4.78, 5) is 12.0. The van der Waals surface area contributed by atoms with Crippen LogP contribution < -0.4 is 4.74 Å². The number of aryl methyl sites for hydroxylation is 1. The van der Waals surface area contributed by atoms with Gasteiger partial charge in [-0.3, -0.25) is 4.98 Å². The number of ether oxygens (including phenoxy) is 1. The molecule has 0 saturated carbocycles. The van der Waals surface area contributed by atoms with E-state index >= 15 is 0 Å².